The van der Waals surface area contributed by atoms with Gasteiger partial charge in [-0.3, -0.25) is 0 Å². The standard InChI is InChI=1S/C45H3F29/c1-2-3-4(40(69)43(72)17(2)46)20(49)21(50)5(18(3)47)8-23(52)28(57)11(29(58)24(8)53)13-32(61)36(65)15(37(66)33(13)62)16-38(67)34(63)14(35(64)39(16)68)12-30(59)25(54)9(26(55)31(12)60)6-19(48)7-10(27(56)22(6)51)42(71)45(74)44(73)41(7)70/h1H3. The Balaban J connectivity index is 1.32. The van der Waals surface area contributed by atoms with E-state index in [0.717, 1.165) is 0 Å². The van der Waals surface area contributed by atoms with Crippen molar-refractivity contribution in [1.82, 2.24) is 0 Å². The summed E-state index contributed by atoms with van der Waals surface area (Å²) in [5.74, 6) is -92.6. The van der Waals surface area contributed by atoms with E-state index < -0.39 is 251 Å². The topological polar surface area (TPSA) is 0 Å². The van der Waals surface area contributed by atoms with Crippen molar-refractivity contribution in [3.05, 3.63) is 174 Å². The molecule has 0 unspecified atom stereocenters. The second kappa shape index (κ2) is 17.4. The summed E-state index contributed by atoms with van der Waals surface area (Å²) in [4.78, 5) is 0. The van der Waals surface area contributed by atoms with Gasteiger partial charge in [-0.25, -0.2) is 127 Å². The van der Waals surface area contributed by atoms with Crippen LogP contribution in [0.3, 0.4) is 0 Å². The van der Waals surface area contributed by atoms with Crippen LogP contribution in [0.2, 0.25) is 0 Å². The van der Waals surface area contributed by atoms with Gasteiger partial charge in [-0.05, 0) is 12.5 Å². The Morgan fingerprint density at radius 3 is 0.459 bits per heavy atom. The van der Waals surface area contributed by atoms with Crippen molar-refractivity contribution in [3.8, 4) is 55.6 Å². The molecule has 0 fully saturated rings. The minimum Gasteiger partial charge on any atom is -0.205 e. The predicted molar refractivity (Wildman–Crippen MR) is 192 cm³/mol. The predicted octanol–water partition coefficient (Wildman–Crippen LogP) is 16.7. The first-order valence-corrected chi connectivity index (χ1v) is 18.7. The third-order valence-electron chi connectivity index (χ3n) is 11.3. The van der Waals surface area contributed by atoms with Crippen LogP contribution in [0, 0.1) is 176 Å². The molecule has 74 heavy (non-hydrogen) atoms. The maximum absolute atomic E-state index is 15.7. The number of rotatable bonds is 5. The number of fused-ring (bicyclic) bond motifs is 2. The average Bonchev–Trinajstić information content (AvgIpc) is 3.35. The van der Waals surface area contributed by atoms with E-state index in [2.05, 4.69) is 0 Å². The quantitative estimate of drug-likeness (QED) is 0.0915. The zero-order valence-electron chi connectivity index (χ0n) is 34.0. The fourth-order valence-corrected chi connectivity index (χ4v) is 7.91. The highest BCUT2D eigenvalue weighted by molar-refractivity contribution is 5.94. The highest BCUT2D eigenvalue weighted by atomic mass is 19.2. The molecular formula is C45H3F29. The molecule has 0 saturated heterocycles. The molecule has 0 saturated carbocycles. The molecule has 0 aliphatic carbocycles. The second-order valence-corrected chi connectivity index (χ2v) is 15.0. The van der Waals surface area contributed by atoms with E-state index in [0.29, 0.717) is 6.92 Å². The van der Waals surface area contributed by atoms with Gasteiger partial charge in [0.2, 0.25) is 0 Å². The third kappa shape index (κ3) is 6.67. The Morgan fingerprint density at radius 2 is 0.243 bits per heavy atom. The minimum atomic E-state index is -3.53. The van der Waals surface area contributed by atoms with E-state index >= 15 is 92.2 Å². The van der Waals surface area contributed by atoms with Crippen LogP contribution < -0.4 is 0 Å². The fourth-order valence-electron chi connectivity index (χ4n) is 7.91. The molecule has 0 N–H and O–H groups in total. The SMILES string of the molecule is Cc1c(F)c(F)c(F)c2c(F)c(F)c(-c3c(F)c(F)c(-c4c(F)c(F)c(-c5c(F)c(F)c(-c6c(F)c(F)c(-c7c(F)c(F)c8c(F)c(F)c(F)c(F)c8c7F)c(F)c6F)c(F)c5F)c(F)c4F)c(F)c3F)c(F)c12. The van der Waals surface area contributed by atoms with Crippen molar-refractivity contribution in [2.75, 3.05) is 0 Å². The van der Waals surface area contributed by atoms with Gasteiger partial charge in [-0.2, -0.15) is 0 Å². The maximum atomic E-state index is 15.7. The number of halogens is 29. The molecule has 0 spiro atoms. The van der Waals surface area contributed by atoms with Crippen molar-refractivity contribution >= 4 is 21.5 Å². The van der Waals surface area contributed by atoms with Crippen molar-refractivity contribution in [1.29, 1.82) is 0 Å². The van der Waals surface area contributed by atoms with E-state index in [1.165, 1.54) is 0 Å². The zero-order chi connectivity index (χ0) is 55.4. The molecule has 0 atom stereocenters. The number of aryl methyl sites for hydroxylation is 1. The first kappa shape index (κ1) is 52.6. The molecule has 8 aromatic carbocycles. The van der Waals surface area contributed by atoms with Crippen LogP contribution in [0.25, 0.3) is 77.2 Å². The summed E-state index contributed by atoms with van der Waals surface area (Å²) in [7, 11) is 0. The fraction of sp³-hybridized carbons (Fsp3) is 0.0222. The van der Waals surface area contributed by atoms with E-state index in [9.17, 15) is 35.1 Å². The molecule has 0 amide bonds. The molecule has 0 bridgehead atoms. The Labute approximate surface area is 385 Å². The van der Waals surface area contributed by atoms with Crippen LogP contribution >= 0.6 is 0 Å². The van der Waals surface area contributed by atoms with Gasteiger partial charge in [0.1, 0.15) is 11.6 Å². The minimum absolute atomic E-state index is 0.332. The lowest BCUT2D eigenvalue weighted by atomic mass is 9.90. The lowest BCUT2D eigenvalue weighted by Crippen LogP contribution is -2.13. The van der Waals surface area contributed by atoms with Gasteiger partial charge in [-0.15, -0.1) is 0 Å². The normalized spacial score (nSPS) is 11.9. The number of benzene rings is 8. The van der Waals surface area contributed by atoms with E-state index in [-0.39, 0.29) is 0 Å². The zero-order valence-corrected chi connectivity index (χ0v) is 34.0. The summed E-state index contributed by atoms with van der Waals surface area (Å²) in [5, 5.41) is -8.98. The Kier molecular flexibility index (Phi) is 12.4. The molecule has 386 valence electrons. The lowest BCUT2D eigenvalue weighted by molar-refractivity contribution is 0.412. The van der Waals surface area contributed by atoms with Gasteiger partial charge >= 0.3 is 0 Å². The molecular weight excluding hydrogens is 1090 g/mol. The highest BCUT2D eigenvalue weighted by Gasteiger charge is 2.43. The first-order chi connectivity index (χ1) is 34.3. The molecule has 0 heterocycles. The van der Waals surface area contributed by atoms with Crippen LogP contribution in [-0.2, 0) is 0 Å². The Hall–Kier alpha value is -7.75. The van der Waals surface area contributed by atoms with Crippen molar-refractivity contribution in [3.63, 3.8) is 0 Å². The summed E-state index contributed by atoms with van der Waals surface area (Å²) >= 11 is 0. The summed E-state index contributed by atoms with van der Waals surface area (Å²) in [6, 6.07) is 0. The van der Waals surface area contributed by atoms with Gasteiger partial charge in [-0.1, -0.05) is 0 Å². The Bertz CT molecular complexity index is 3580. The van der Waals surface area contributed by atoms with Gasteiger partial charge in [0.15, 0.2) is 157 Å². The largest absolute Gasteiger partial charge is 0.205 e. The van der Waals surface area contributed by atoms with Crippen LogP contribution in [0.4, 0.5) is 127 Å². The van der Waals surface area contributed by atoms with Crippen LogP contribution in [0.5, 0.6) is 0 Å². The first-order valence-electron chi connectivity index (χ1n) is 18.7. The third-order valence-corrected chi connectivity index (χ3v) is 11.3. The molecule has 0 radical (unpaired) electrons. The summed E-state index contributed by atoms with van der Waals surface area (Å²) in [6.45, 7) is 0.332. The molecule has 0 aliphatic heterocycles. The molecule has 29 heteroatoms. The van der Waals surface area contributed by atoms with E-state index in [4.69, 9.17) is 0 Å². The molecule has 8 rings (SSSR count). The van der Waals surface area contributed by atoms with E-state index in [1.807, 2.05) is 0 Å². The van der Waals surface area contributed by atoms with Crippen molar-refractivity contribution in [2.24, 2.45) is 0 Å². The van der Waals surface area contributed by atoms with Crippen molar-refractivity contribution in [2.45, 2.75) is 6.92 Å². The van der Waals surface area contributed by atoms with E-state index in [1.54, 1.807) is 0 Å². The highest BCUT2D eigenvalue weighted by Crippen LogP contribution is 2.49. The van der Waals surface area contributed by atoms with Gasteiger partial charge in [0, 0.05) is 5.39 Å². The maximum Gasteiger partial charge on any atom is 0.198 e. The summed E-state index contributed by atoms with van der Waals surface area (Å²) in [6.07, 6.45) is 0. The van der Waals surface area contributed by atoms with Gasteiger partial charge in [0.25, 0.3) is 0 Å². The summed E-state index contributed by atoms with van der Waals surface area (Å²) in [5.41, 5.74) is -31.3. The molecule has 0 aromatic heterocycles. The molecule has 0 aliphatic rings. The lowest BCUT2D eigenvalue weighted by Gasteiger charge is -2.19. The van der Waals surface area contributed by atoms with Gasteiger partial charge < -0.3 is 0 Å². The molecule has 8 aromatic rings. The summed E-state index contributed by atoms with van der Waals surface area (Å²) < 4.78 is 440. The van der Waals surface area contributed by atoms with Gasteiger partial charge in [0.05, 0.1) is 71.8 Å². The van der Waals surface area contributed by atoms with Crippen LogP contribution in [0.1, 0.15) is 5.56 Å². The smallest absolute Gasteiger partial charge is 0.198 e. The molecule has 0 nitrogen and oxygen atoms in total. The second-order valence-electron chi connectivity index (χ2n) is 15.0. The number of hydrogen-bond acceptors (Lipinski definition) is 0. The average molecular weight is 1090 g/mol. The van der Waals surface area contributed by atoms with Crippen LogP contribution in [0.15, 0.2) is 0 Å². The van der Waals surface area contributed by atoms with Crippen molar-refractivity contribution < 1.29 is 127 Å². The monoisotopic (exact) mass is 1090 g/mol. The van der Waals surface area contributed by atoms with Crippen LogP contribution in [-0.4, -0.2) is 0 Å². The number of hydrogen-bond donors (Lipinski definition) is 0. The Morgan fingerprint density at radius 1 is 0.122 bits per heavy atom.